The van der Waals surface area contributed by atoms with Gasteiger partial charge in [0.05, 0.1) is 6.54 Å². The number of quaternary nitrogens is 1. The molecule has 3 rings (SSSR count). The lowest BCUT2D eigenvalue weighted by atomic mass is 9.96. The lowest BCUT2D eigenvalue weighted by molar-refractivity contribution is -0.937. The third-order valence-corrected chi connectivity index (χ3v) is 5.38. The zero-order chi connectivity index (χ0) is 17.6. The van der Waals surface area contributed by atoms with Crippen LogP contribution in [0.3, 0.4) is 0 Å². The zero-order valence-electron chi connectivity index (χ0n) is 15.8. The van der Waals surface area contributed by atoms with Gasteiger partial charge in [-0.2, -0.15) is 0 Å². The third kappa shape index (κ3) is 4.60. The van der Waals surface area contributed by atoms with E-state index in [1.807, 2.05) is 12.4 Å². The van der Waals surface area contributed by atoms with Crippen LogP contribution in [-0.2, 0) is 0 Å². The molecule has 1 unspecified atom stereocenters. The quantitative estimate of drug-likeness (QED) is 0.868. The number of piperidine rings is 1. The number of ether oxygens (including phenoxy) is 1. The number of nitrogens with zero attached hydrogens (tertiary/aromatic N) is 1. The Hall–Kier alpha value is -1.87. The van der Waals surface area contributed by atoms with E-state index in [2.05, 4.69) is 56.1 Å². The second kappa shape index (κ2) is 8.48. The highest BCUT2D eigenvalue weighted by atomic mass is 16.5. The van der Waals surface area contributed by atoms with Gasteiger partial charge in [-0.3, -0.25) is 4.98 Å². The van der Waals surface area contributed by atoms with Crippen LogP contribution in [0.2, 0.25) is 0 Å². The Balaban J connectivity index is 1.61. The number of aryl methyl sites for hydroxylation is 1. The summed E-state index contributed by atoms with van der Waals surface area (Å²) in [6, 6.07) is 11.4. The van der Waals surface area contributed by atoms with Crippen LogP contribution in [0, 0.1) is 6.92 Å². The third-order valence-electron chi connectivity index (χ3n) is 5.38. The predicted octanol–water partition coefficient (Wildman–Crippen LogP) is 3.70. The summed E-state index contributed by atoms with van der Waals surface area (Å²) >= 11 is 0. The van der Waals surface area contributed by atoms with E-state index in [4.69, 9.17) is 4.74 Å². The molecule has 1 aromatic carbocycles. The molecule has 1 saturated heterocycles. The smallest absolute Gasteiger partial charge is 0.137 e. The van der Waals surface area contributed by atoms with Crippen LogP contribution in [0.1, 0.15) is 61.8 Å². The maximum Gasteiger partial charge on any atom is 0.137 e. The fraction of sp³-hybridized carbons (Fsp3) is 0.500. The van der Waals surface area contributed by atoms with Crippen molar-refractivity contribution in [2.24, 2.45) is 0 Å². The van der Waals surface area contributed by atoms with Crippen LogP contribution >= 0.6 is 0 Å². The SMILES string of the molecule is Cc1ccc(C(C)C)cc1OCC[NH+]1CCCC[C@H]1c1cccnc1. The molecule has 3 nitrogen and oxygen atoms in total. The highest BCUT2D eigenvalue weighted by Gasteiger charge is 2.27. The van der Waals surface area contributed by atoms with Gasteiger partial charge in [-0.05, 0) is 48.9 Å². The van der Waals surface area contributed by atoms with Gasteiger partial charge in [-0.25, -0.2) is 0 Å². The topological polar surface area (TPSA) is 26.6 Å². The van der Waals surface area contributed by atoms with E-state index >= 15 is 0 Å². The molecule has 1 aliphatic rings. The molecule has 0 bridgehead atoms. The Morgan fingerprint density at radius 1 is 1.24 bits per heavy atom. The zero-order valence-corrected chi connectivity index (χ0v) is 15.8. The molecule has 2 aromatic rings. The fourth-order valence-corrected chi connectivity index (χ4v) is 3.79. The molecule has 2 heterocycles. The molecular weight excluding hydrogens is 308 g/mol. The van der Waals surface area contributed by atoms with Gasteiger partial charge in [-0.1, -0.05) is 32.0 Å². The molecule has 2 atom stereocenters. The number of likely N-dealkylation sites (tertiary alicyclic amines) is 1. The van der Waals surface area contributed by atoms with E-state index < -0.39 is 0 Å². The largest absolute Gasteiger partial charge is 0.487 e. The number of hydrogen-bond donors (Lipinski definition) is 1. The number of pyridine rings is 1. The minimum Gasteiger partial charge on any atom is -0.487 e. The summed E-state index contributed by atoms with van der Waals surface area (Å²) in [4.78, 5) is 5.95. The van der Waals surface area contributed by atoms with Gasteiger partial charge in [0.25, 0.3) is 0 Å². The highest BCUT2D eigenvalue weighted by Crippen LogP contribution is 2.24. The fourth-order valence-electron chi connectivity index (χ4n) is 3.79. The second-order valence-corrected chi connectivity index (χ2v) is 7.52. The first-order chi connectivity index (χ1) is 12.1. The van der Waals surface area contributed by atoms with Crippen molar-refractivity contribution in [1.82, 2.24) is 4.98 Å². The Labute approximate surface area is 152 Å². The van der Waals surface area contributed by atoms with Gasteiger partial charge in [0.1, 0.15) is 24.9 Å². The molecule has 134 valence electrons. The van der Waals surface area contributed by atoms with Gasteiger partial charge < -0.3 is 9.64 Å². The van der Waals surface area contributed by atoms with Gasteiger partial charge in [0.2, 0.25) is 0 Å². The summed E-state index contributed by atoms with van der Waals surface area (Å²) < 4.78 is 6.18. The molecule has 0 amide bonds. The van der Waals surface area contributed by atoms with Crippen molar-refractivity contribution in [3.8, 4) is 5.75 Å². The van der Waals surface area contributed by atoms with Crippen molar-refractivity contribution < 1.29 is 9.64 Å². The molecule has 0 spiro atoms. The normalized spacial score (nSPS) is 20.6. The second-order valence-electron chi connectivity index (χ2n) is 7.52. The van der Waals surface area contributed by atoms with Gasteiger partial charge in [0.15, 0.2) is 0 Å². The van der Waals surface area contributed by atoms with Gasteiger partial charge >= 0.3 is 0 Å². The Kier molecular flexibility index (Phi) is 6.09. The minimum absolute atomic E-state index is 0.533. The Morgan fingerprint density at radius 3 is 2.88 bits per heavy atom. The van der Waals surface area contributed by atoms with Crippen LogP contribution in [0.25, 0.3) is 0 Å². The summed E-state index contributed by atoms with van der Waals surface area (Å²) in [6.07, 6.45) is 7.78. The summed E-state index contributed by atoms with van der Waals surface area (Å²) in [5.41, 5.74) is 3.94. The summed E-state index contributed by atoms with van der Waals surface area (Å²) in [5.74, 6) is 1.58. The first kappa shape index (κ1) is 17.9. The average molecular weight is 340 g/mol. The van der Waals surface area contributed by atoms with Crippen LogP contribution in [-0.4, -0.2) is 24.7 Å². The number of benzene rings is 1. The van der Waals surface area contributed by atoms with E-state index in [9.17, 15) is 0 Å². The maximum absolute atomic E-state index is 6.18. The summed E-state index contributed by atoms with van der Waals surface area (Å²) in [7, 11) is 0. The average Bonchev–Trinajstić information content (AvgIpc) is 2.64. The van der Waals surface area contributed by atoms with E-state index in [1.165, 1.54) is 42.5 Å². The summed E-state index contributed by atoms with van der Waals surface area (Å²) in [5, 5.41) is 0. The monoisotopic (exact) mass is 339 g/mol. The van der Waals surface area contributed by atoms with Crippen LogP contribution in [0.4, 0.5) is 0 Å². The van der Waals surface area contributed by atoms with E-state index in [0.717, 1.165) is 18.9 Å². The van der Waals surface area contributed by atoms with Crippen molar-refractivity contribution in [2.45, 2.75) is 52.0 Å². The summed E-state index contributed by atoms with van der Waals surface area (Å²) in [6.45, 7) is 9.63. The first-order valence-electron chi connectivity index (χ1n) is 9.63. The molecule has 3 heteroatoms. The van der Waals surface area contributed by atoms with Crippen LogP contribution < -0.4 is 9.64 Å². The van der Waals surface area contributed by atoms with Crippen molar-refractivity contribution >= 4 is 0 Å². The Bertz CT molecular complexity index is 669. The number of aromatic nitrogens is 1. The molecule has 0 saturated carbocycles. The number of rotatable bonds is 6. The maximum atomic E-state index is 6.18. The van der Waals surface area contributed by atoms with Crippen LogP contribution in [0.15, 0.2) is 42.7 Å². The van der Waals surface area contributed by atoms with Crippen molar-refractivity contribution in [2.75, 3.05) is 19.7 Å². The molecule has 25 heavy (non-hydrogen) atoms. The van der Waals surface area contributed by atoms with Crippen LogP contribution in [0.5, 0.6) is 5.75 Å². The molecule has 1 fully saturated rings. The number of nitrogens with one attached hydrogen (secondary N) is 1. The lowest BCUT2D eigenvalue weighted by Gasteiger charge is -2.32. The van der Waals surface area contributed by atoms with Crippen molar-refractivity contribution in [3.05, 3.63) is 59.4 Å². The first-order valence-corrected chi connectivity index (χ1v) is 9.63. The predicted molar refractivity (Wildman–Crippen MR) is 102 cm³/mol. The van der Waals surface area contributed by atoms with Crippen molar-refractivity contribution in [1.29, 1.82) is 0 Å². The highest BCUT2D eigenvalue weighted by molar-refractivity contribution is 5.37. The minimum atomic E-state index is 0.533. The molecule has 1 aliphatic heterocycles. The molecule has 1 aromatic heterocycles. The molecule has 0 aliphatic carbocycles. The number of hydrogen-bond acceptors (Lipinski definition) is 2. The molecular formula is C22H31N2O+. The van der Waals surface area contributed by atoms with E-state index in [1.54, 1.807) is 4.90 Å². The van der Waals surface area contributed by atoms with Crippen molar-refractivity contribution in [3.63, 3.8) is 0 Å². The molecule has 1 N–H and O–H groups in total. The van der Waals surface area contributed by atoms with Gasteiger partial charge in [-0.15, -0.1) is 0 Å². The standard InChI is InChI=1S/C22H30N2O/c1-17(2)19-10-9-18(3)22(15-19)25-14-13-24-12-5-4-8-21(24)20-7-6-11-23-16-20/h6-7,9-11,15-17,21H,4-5,8,12-14H2,1-3H3/p+1/t21-/m0/s1. The molecule has 0 radical (unpaired) electrons. The van der Waals surface area contributed by atoms with E-state index in [0.29, 0.717) is 12.0 Å². The van der Waals surface area contributed by atoms with Gasteiger partial charge in [0, 0.05) is 24.4 Å². The lowest BCUT2D eigenvalue weighted by Crippen LogP contribution is -3.13. The Morgan fingerprint density at radius 2 is 2.12 bits per heavy atom. The van der Waals surface area contributed by atoms with E-state index in [-0.39, 0.29) is 0 Å².